The number of carboxylic acids is 1. The summed E-state index contributed by atoms with van der Waals surface area (Å²) < 4.78 is 0. The van der Waals surface area contributed by atoms with E-state index in [1.54, 1.807) is 0 Å². The van der Waals surface area contributed by atoms with Gasteiger partial charge in [-0.3, -0.25) is 9.69 Å². The molecule has 1 rings (SSSR count). The third-order valence-corrected chi connectivity index (χ3v) is 2.55. The Morgan fingerprint density at radius 3 is 2.33 bits per heavy atom. The van der Waals surface area contributed by atoms with E-state index in [9.17, 15) is 20.1 Å². The smallest absolute Gasteiger partial charge is 0.317 e. The van der Waals surface area contributed by atoms with Crippen LogP contribution >= 0.6 is 0 Å². The number of carboxylic acid groups (broad SMARTS) is 1. The van der Waals surface area contributed by atoms with Crippen LogP contribution in [-0.2, 0) is 4.79 Å². The number of hydrogen-bond acceptors (Lipinski definition) is 6. The maximum atomic E-state index is 10.5. The van der Waals surface area contributed by atoms with Gasteiger partial charge >= 0.3 is 5.97 Å². The summed E-state index contributed by atoms with van der Waals surface area (Å²) >= 11 is 0. The fourth-order valence-corrected chi connectivity index (χ4v) is 1.73. The summed E-state index contributed by atoms with van der Waals surface area (Å²) in [5.41, 5.74) is 0. The van der Waals surface area contributed by atoms with Gasteiger partial charge in [-0.2, -0.15) is 0 Å². The molecule has 0 spiro atoms. The first kappa shape index (κ1) is 12.3. The maximum absolute atomic E-state index is 10.5. The lowest BCUT2D eigenvalue weighted by atomic mass is 9.94. The number of aliphatic hydroxyl groups excluding tert-OH is 4. The number of aliphatic hydroxyl groups is 4. The van der Waals surface area contributed by atoms with Crippen molar-refractivity contribution in [3.05, 3.63) is 0 Å². The molecule has 7 heteroatoms. The van der Waals surface area contributed by atoms with E-state index >= 15 is 0 Å². The first-order chi connectivity index (χ1) is 6.97. The lowest BCUT2D eigenvalue weighted by Gasteiger charge is -2.42. The highest BCUT2D eigenvalue weighted by molar-refractivity contribution is 5.69. The number of hydrogen-bond donors (Lipinski definition) is 5. The van der Waals surface area contributed by atoms with Crippen molar-refractivity contribution in [3.8, 4) is 0 Å². The first-order valence-corrected chi connectivity index (χ1v) is 4.58. The van der Waals surface area contributed by atoms with Gasteiger partial charge in [0.05, 0.1) is 25.3 Å². The zero-order valence-electron chi connectivity index (χ0n) is 8.02. The molecule has 0 aliphatic carbocycles. The molecule has 0 radical (unpaired) electrons. The predicted molar refractivity (Wildman–Crippen MR) is 48.1 cm³/mol. The molecule has 4 atom stereocenters. The highest BCUT2D eigenvalue weighted by Gasteiger charge is 2.41. The molecule has 88 valence electrons. The van der Waals surface area contributed by atoms with Crippen molar-refractivity contribution in [3.63, 3.8) is 0 Å². The summed E-state index contributed by atoms with van der Waals surface area (Å²) in [7, 11) is 0. The van der Waals surface area contributed by atoms with E-state index in [0.717, 1.165) is 0 Å². The standard InChI is InChI=1S/C8H15NO6/c10-3-4-7(14)8(15)5(11)1-9(4)2-6(12)13/h4-5,7-8,10-11,14-15H,1-3H2,(H,12,13)/t4-,5+,7-,8-/m1/s1. The average molecular weight is 221 g/mol. The Morgan fingerprint density at radius 2 is 1.87 bits per heavy atom. The fourth-order valence-electron chi connectivity index (χ4n) is 1.73. The highest BCUT2D eigenvalue weighted by Crippen LogP contribution is 2.18. The molecule has 5 N–H and O–H groups in total. The molecule has 0 aromatic rings. The minimum Gasteiger partial charge on any atom is -0.480 e. The Bertz CT molecular complexity index is 235. The van der Waals surface area contributed by atoms with Crippen molar-refractivity contribution in [2.24, 2.45) is 0 Å². The number of rotatable bonds is 3. The molecule has 7 nitrogen and oxygen atoms in total. The molecule has 1 heterocycles. The molecule has 1 fully saturated rings. The molecule has 0 aromatic carbocycles. The summed E-state index contributed by atoms with van der Waals surface area (Å²) in [5.74, 6) is -1.12. The van der Waals surface area contributed by atoms with Gasteiger partial charge in [-0.1, -0.05) is 0 Å². The Hall–Kier alpha value is -0.730. The number of piperidine rings is 1. The van der Waals surface area contributed by atoms with Crippen molar-refractivity contribution in [1.29, 1.82) is 0 Å². The van der Waals surface area contributed by atoms with Gasteiger partial charge in [0, 0.05) is 6.54 Å². The summed E-state index contributed by atoms with van der Waals surface area (Å²) in [6, 6.07) is -0.862. The SMILES string of the molecule is O=C(O)CN1C[C@H](O)[C@@H](O)[C@H](O)[C@H]1CO. The van der Waals surface area contributed by atoms with Crippen LogP contribution in [0, 0.1) is 0 Å². The van der Waals surface area contributed by atoms with Gasteiger partial charge in [-0.15, -0.1) is 0 Å². The Balaban J connectivity index is 2.73. The van der Waals surface area contributed by atoms with Crippen LogP contribution in [0.2, 0.25) is 0 Å². The van der Waals surface area contributed by atoms with E-state index in [0.29, 0.717) is 0 Å². The third-order valence-electron chi connectivity index (χ3n) is 2.55. The van der Waals surface area contributed by atoms with E-state index in [-0.39, 0.29) is 6.54 Å². The van der Waals surface area contributed by atoms with Crippen molar-refractivity contribution in [2.45, 2.75) is 24.4 Å². The number of nitrogens with zero attached hydrogens (tertiary/aromatic N) is 1. The topological polar surface area (TPSA) is 121 Å². The van der Waals surface area contributed by atoms with Gasteiger partial charge in [-0.05, 0) is 0 Å². The summed E-state index contributed by atoms with van der Waals surface area (Å²) in [4.78, 5) is 11.7. The Labute approximate surface area is 86.2 Å². The minimum atomic E-state index is -1.35. The average Bonchev–Trinajstić information content (AvgIpc) is 2.14. The van der Waals surface area contributed by atoms with E-state index in [4.69, 9.17) is 10.2 Å². The number of β-amino-alcohol motifs (C(OH)–C–C–N with tert-alkyl or cyclic N) is 1. The largest absolute Gasteiger partial charge is 0.480 e. The molecule has 0 aromatic heterocycles. The fraction of sp³-hybridized carbons (Fsp3) is 0.875. The van der Waals surface area contributed by atoms with Gasteiger partial charge < -0.3 is 25.5 Å². The van der Waals surface area contributed by atoms with Gasteiger partial charge in [0.15, 0.2) is 0 Å². The second-order valence-corrected chi connectivity index (χ2v) is 3.62. The van der Waals surface area contributed by atoms with Crippen LogP contribution in [0.1, 0.15) is 0 Å². The van der Waals surface area contributed by atoms with Gasteiger partial charge in [0.2, 0.25) is 0 Å². The molecule has 0 saturated carbocycles. The molecule has 1 aliphatic rings. The van der Waals surface area contributed by atoms with E-state index in [2.05, 4.69) is 0 Å². The van der Waals surface area contributed by atoms with Crippen LogP contribution < -0.4 is 0 Å². The third kappa shape index (κ3) is 2.64. The second-order valence-electron chi connectivity index (χ2n) is 3.62. The maximum Gasteiger partial charge on any atom is 0.317 e. The zero-order chi connectivity index (χ0) is 11.6. The van der Waals surface area contributed by atoms with E-state index < -0.39 is 43.5 Å². The highest BCUT2D eigenvalue weighted by atomic mass is 16.4. The van der Waals surface area contributed by atoms with Gasteiger partial charge in [0.25, 0.3) is 0 Å². The van der Waals surface area contributed by atoms with Crippen molar-refractivity contribution in [1.82, 2.24) is 4.90 Å². The molecule has 0 bridgehead atoms. The zero-order valence-corrected chi connectivity index (χ0v) is 8.02. The summed E-state index contributed by atoms with van der Waals surface area (Å²) in [6.07, 6.45) is -3.91. The first-order valence-electron chi connectivity index (χ1n) is 4.58. The van der Waals surface area contributed by atoms with Crippen molar-refractivity contribution >= 4 is 5.97 Å². The normalized spacial score (nSPS) is 37.9. The second kappa shape index (κ2) is 4.86. The number of aliphatic carboxylic acids is 1. The molecule has 0 amide bonds. The van der Waals surface area contributed by atoms with Crippen LogP contribution in [0.15, 0.2) is 0 Å². The molecular weight excluding hydrogens is 206 g/mol. The van der Waals surface area contributed by atoms with Gasteiger partial charge in [0.1, 0.15) is 12.2 Å². The Kier molecular flexibility index (Phi) is 4.00. The predicted octanol–water partition coefficient (Wildman–Crippen LogP) is -3.17. The van der Waals surface area contributed by atoms with Crippen LogP contribution in [-0.4, -0.2) is 80.5 Å². The lowest BCUT2D eigenvalue weighted by molar-refractivity contribution is -0.158. The minimum absolute atomic E-state index is 0.0875. The Morgan fingerprint density at radius 1 is 1.27 bits per heavy atom. The molecule has 1 aliphatic heterocycles. The van der Waals surface area contributed by atoms with Crippen LogP contribution in [0.3, 0.4) is 0 Å². The number of carbonyl (C=O) groups is 1. The molecular formula is C8H15NO6. The summed E-state index contributed by atoms with van der Waals surface area (Å²) in [5, 5.41) is 45.6. The van der Waals surface area contributed by atoms with Crippen LogP contribution in [0.25, 0.3) is 0 Å². The van der Waals surface area contributed by atoms with E-state index in [1.807, 2.05) is 0 Å². The quantitative estimate of drug-likeness (QED) is 0.341. The number of likely N-dealkylation sites (tertiary alicyclic amines) is 1. The lowest BCUT2D eigenvalue weighted by Crippen LogP contribution is -2.63. The van der Waals surface area contributed by atoms with Gasteiger partial charge in [-0.25, -0.2) is 0 Å². The van der Waals surface area contributed by atoms with Crippen molar-refractivity contribution < 1.29 is 30.3 Å². The molecule has 0 unspecified atom stereocenters. The van der Waals surface area contributed by atoms with Crippen molar-refractivity contribution in [2.75, 3.05) is 19.7 Å². The summed E-state index contributed by atoms with van der Waals surface area (Å²) in [6.45, 7) is -0.958. The van der Waals surface area contributed by atoms with E-state index in [1.165, 1.54) is 4.90 Å². The van der Waals surface area contributed by atoms with Crippen LogP contribution in [0.5, 0.6) is 0 Å². The molecule has 1 saturated heterocycles. The monoisotopic (exact) mass is 221 g/mol. The molecule has 15 heavy (non-hydrogen) atoms. The van der Waals surface area contributed by atoms with Crippen LogP contribution in [0.4, 0.5) is 0 Å².